The van der Waals surface area contributed by atoms with E-state index in [4.69, 9.17) is 16.3 Å². The Morgan fingerprint density at radius 1 is 1.18 bits per heavy atom. The molecule has 1 aromatic carbocycles. The zero-order valence-electron chi connectivity index (χ0n) is 9.56. The van der Waals surface area contributed by atoms with Crippen LogP contribution in [0.5, 0.6) is 11.8 Å². The van der Waals surface area contributed by atoms with Gasteiger partial charge in [0.25, 0.3) is 0 Å². The Bertz CT molecular complexity index is 485. The molecule has 0 saturated heterocycles. The molecule has 0 spiro atoms. The average molecular weight is 249 g/mol. The summed E-state index contributed by atoms with van der Waals surface area (Å²) in [6, 6.07) is 8.21. The quantitative estimate of drug-likeness (QED) is 0.776. The molecule has 4 heteroatoms. The molecule has 1 aromatic heterocycles. The van der Waals surface area contributed by atoms with Gasteiger partial charge in [0, 0.05) is 18.0 Å². The van der Waals surface area contributed by atoms with E-state index < -0.39 is 0 Å². The van der Waals surface area contributed by atoms with Crippen molar-refractivity contribution in [1.82, 2.24) is 9.97 Å². The van der Waals surface area contributed by atoms with Crippen molar-refractivity contribution < 1.29 is 4.74 Å². The van der Waals surface area contributed by atoms with E-state index in [1.807, 2.05) is 24.3 Å². The monoisotopic (exact) mass is 248 g/mol. The highest BCUT2D eigenvalue weighted by atomic mass is 35.5. The van der Waals surface area contributed by atoms with Crippen LogP contribution in [0.1, 0.15) is 18.1 Å². The molecule has 0 amide bonds. The predicted molar refractivity (Wildman–Crippen MR) is 67.5 cm³/mol. The van der Waals surface area contributed by atoms with Crippen LogP contribution < -0.4 is 4.74 Å². The third kappa shape index (κ3) is 2.94. The number of aromatic nitrogens is 2. The molecule has 2 aromatic rings. The van der Waals surface area contributed by atoms with Crippen molar-refractivity contribution in [1.29, 1.82) is 0 Å². The van der Waals surface area contributed by atoms with Crippen molar-refractivity contribution in [3.63, 3.8) is 0 Å². The van der Waals surface area contributed by atoms with E-state index in [2.05, 4.69) is 16.9 Å². The molecule has 0 aliphatic rings. The first-order valence-electron chi connectivity index (χ1n) is 5.46. The van der Waals surface area contributed by atoms with Gasteiger partial charge in [-0.2, -0.15) is 0 Å². The Kier molecular flexibility index (Phi) is 3.94. The highest BCUT2D eigenvalue weighted by Gasteiger charge is 2.04. The highest BCUT2D eigenvalue weighted by Crippen LogP contribution is 2.22. The molecular formula is C13H13ClN2O. The molecule has 0 aliphatic carbocycles. The number of hydrogen-bond acceptors (Lipinski definition) is 3. The number of para-hydroxylation sites is 1. The summed E-state index contributed by atoms with van der Waals surface area (Å²) < 4.78 is 5.63. The standard InChI is InChI=1S/C13H13ClN2O/c1-2-11-5-3-4-6-12(11)17-13-15-8-10(7-14)9-16-13/h3-6,8-9H,2,7H2,1H3. The van der Waals surface area contributed by atoms with Crippen LogP contribution >= 0.6 is 11.6 Å². The molecule has 3 nitrogen and oxygen atoms in total. The van der Waals surface area contributed by atoms with Crippen LogP contribution in [0.25, 0.3) is 0 Å². The Balaban J connectivity index is 2.19. The minimum atomic E-state index is 0.347. The second-order valence-corrected chi connectivity index (χ2v) is 3.84. The van der Waals surface area contributed by atoms with Gasteiger partial charge in [0.05, 0.1) is 5.88 Å². The van der Waals surface area contributed by atoms with Crippen LogP contribution in [0.3, 0.4) is 0 Å². The van der Waals surface area contributed by atoms with Gasteiger partial charge in [-0.15, -0.1) is 11.6 Å². The van der Waals surface area contributed by atoms with E-state index in [0.717, 1.165) is 23.3 Å². The van der Waals surface area contributed by atoms with Crippen LogP contribution in [0, 0.1) is 0 Å². The van der Waals surface area contributed by atoms with E-state index >= 15 is 0 Å². The van der Waals surface area contributed by atoms with Gasteiger partial charge in [0.1, 0.15) is 5.75 Å². The zero-order valence-corrected chi connectivity index (χ0v) is 10.3. The smallest absolute Gasteiger partial charge is 0.321 e. The van der Waals surface area contributed by atoms with Crippen LogP contribution in [0.4, 0.5) is 0 Å². The first kappa shape index (κ1) is 11.9. The molecule has 0 bridgehead atoms. The fourth-order valence-electron chi connectivity index (χ4n) is 1.46. The fraction of sp³-hybridized carbons (Fsp3) is 0.231. The summed E-state index contributed by atoms with van der Waals surface area (Å²) in [7, 11) is 0. The number of aryl methyl sites for hydroxylation is 1. The van der Waals surface area contributed by atoms with Crippen molar-refractivity contribution in [3.8, 4) is 11.8 Å². The molecule has 0 N–H and O–H groups in total. The fourth-order valence-corrected chi connectivity index (χ4v) is 1.60. The van der Waals surface area contributed by atoms with Gasteiger partial charge in [-0.3, -0.25) is 0 Å². The molecule has 0 atom stereocenters. The van der Waals surface area contributed by atoms with E-state index in [9.17, 15) is 0 Å². The second kappa shape index (κ2) is 5.64. The summed E-state index contributed by atoms with van der Waals surface area (Å²) in [5, 5.41) is 0. The van der Waals surface area contributed by atoms with Crippen molar-refractivity contribution in [2.45, 2.75) is 19.2 Å². The SMILES string of the molecule is CCc1ccccc1Oc1ncc(CCl)cn1. The van der Waals surface area contributed by atoms with Crippen molar-refractivity contribution in [2.75, 3.05) is 0 Å². The maximum absolute atomic E-state index is 5.67. The zero-order chi connectivity index (χ0) is 12.1. The largest absolute Gasteiger partial charge is 0.424 e. The number of rotatable bonds is 4. The van der Waals surface area contributed by atoms with Crippen LogP contribution in [0.15, 0.2) is 36.7 Å². The Labute approximate surface area is 105 Å². The topological polar surface area (TPSA) is 35.0 Å². The minimum absolute atomic E-state index is 0.347. The van der Waals surface area contributed by atoms with Gasteiger partial charge in [0.2, 0.25) is 0 Å². The van der Waals surface area contributed by atoms with Gasteiger partial charge in [-0.1, -0.05) is 25.1 Å². The number of halogens is 1. The van der Waals surface area contributed by atoms with E-state index in [1.54, 1.807) is 12.4 Å². The molecule has 88 valence electrons. The van der Waals surface area contributed by atoms with Crippen molar-refractivity contribution in [2.24, 2.45) is 0 Å². The van der Waals surface area contributed by atoms with E-state index in [-0.39, 0.29) is 0 Å². The van der Waals surface area contributed by atoms with Gasteiger partial charge in [-0.05, 0) is 18.1 Å². The Morgan fingerprint density at radius 3 is 2.53 bits per heavy atom. The van der Waals surface area contributed by atoms with E-state index in [0.29, 0.717) is 11.9 Å². The number of ether oxygens (including phenoxy) is 1. The maximum Gasteiger partial charge on any atom is 0.321 e. The molecule has 1 heterocycles. The molecule has 0 unspecified atom stereocenters. The lowest BCUT2D eigenvalue weighted by molar-refractivity contribution is 0.436. The summed E-state index contributed by atoms with van der Waals surface area (Å²) >= 11 is 5.67. The summed E-state index contributed by atoms with van der Waals surface area (Å²) in [5.41, 5.74) is 2.01. The third-order valence-electron chi connectivity index (χ3n) is 2.39. The minimum Gasteiger partial charge on any atom is -0.424 e. The summed E-state index contributed by atoms with van der Waals surface area (Å²) in [6.07, 6.45) is 4.25. The Morgan fingerprint density at radius 2 is 1.88 bits per heavy atom. The molecule has 0 radical (unpaired) electrons. The lowest BCUT2D eigenvalue weighted by atomic mass is 10.1. The molecule has 0 saturated carbocycles. The van der Waals surface area contributed by atoms with Crippen LogP contribution in [-0.4, -0.2) is 9.97 Å². The molecule has 0 fully saturated rings. The lowest BCUT2D eigenvalue weighted by Gasteiger charge is -2.07. The maximum atomic E-state index is 5.67. The van der Waals surface area contributed by atoms with E-state index in [1.165, 1.54) is 0 Å². The third-order valence-corrected chi connectivity index (χ3v) is 2.70. The summed E-state index contributed by atoms with van der Waals surface area (Å²) in [5.74, 6) is 1.21. The summed E-state index contributed by atoms with van der Waals surface area (Å²) in [4.78, 5) is 8.20. The lowest BCUT2D eigenvalue weighted by Crippen LogP contribution is -1.95. The second-order valence-electron chi connectivity index (χ2n) is 3.57. The number of nitrogens with zero attached hydrogens (tertiary/aromatic N) is 2. The predicted octanol–water partition coefficient (Wildman–Crippen LogP) is 3.57. The first-order chi connectivity index (χ1) is 8.33. The number of hydrogen-bond donors (Lipinski definition) is 0. The van der Waals surface area contributed by atoms with Gasteiger partial charge in [0.15, 0.2) is 0 Å². The summed E-state index contributed by atoms with van der Waals surface area (Å²) in [6.45, 7) is 2.08. The average Bonchev–Trinajstić information content (AvgIpc) is 2.40. The van der Waals surface area contributed by atoms with Crippen LogP contribution in [-0.2, 0) is 12.3 Å². The highest BCUT2D eigenvalue weighted by molar-refractivity contribution is 6.17. The van der Waals surface area contributed by atoms with Gasteiger partial charge >= 0.3 is 6.01 Å². The van der Waals surface area contributed by atoms with Gasteiger partial charge < -0.3 is 4.74 Å². The van der Waals surface area contributed by atoms with Crippen molar-refractivity contribution in [3.05, 3.63) is 47.8 Å². The van der Waals surface area contributed by atoms with Crippen molar-refractivity contribution >= 4 is 11.6 Å². The number of alkyl halides is 1. The molecular weight excluding hydrogens is 236 g/mol. The molecule has 2 rings (SSSR count). The number of benzene rings is 1. The normalized spacial score (nSPS) is 10.2. The molecule has 17 heavy (non-hydrogen) atoms. The van der Waals surface area contributed by atoms with Crippen LogP contribution in [0.2, 0.25) is 0 Å². The molecule has 0 aliphatic heterocycles. The first-order valence-corrected chi connectivity index (χ1v) is 5.99. The van der Waals surface area contributed by atoms with Gasteiger partial charge in [-0.25, -0.2) is 9.97 Å². The Hall–Kier alpha value is -1.61.